The monoisotopic (exact) mass is 535 g/mol. The SMILES string of the molecule is CC(=O)N1C(c2ccc3c(c2)/C(=C/c2cc(Br)c(O)c(Br)c2)C(=O)N3)=CSC1N. The fraction of sp³-hybridized carbons (Fsp3) is 0.100. The molecule has 2 aliphatic heterocycles. The third kappa shape index (κ3) is 3.63. The molecule has 2 aromatic carbocycles. The molecule has 0 bridgehead atoms. The molecule has 0 fully saturated rings. The van der Waals surface area contributed by atoms with Crippen molar-refractivity contribution in [2.24, 2.45) is 5.73 Å². The van der Waals surface area contributed by atoms with Gasteiger partial charge in [-0.15, -0.1) is 0 Å². The number of nitrogens with two attached hydrogens (primary N) is 1. The van der Waals surface area contributed by atoms with E-state index in [2.05, 4.69) is 37.2 Å². The van der Waals surface area contributed by atoms with E-state index in [-0.39, 0.29) is 17.6 Å². The maximum absolute atomic E-state index is 12.6. The van der Waals surface area contributed by atoms with Gasteiger partial charge >= 0.3 is 0 Å². The van der Waals surface area contributed by atoms with Crippen molar-refractivity contribution < 1.29 is 14.7 Å². The molecular weight excluding hydrogens is 522 g/mol. The second-order valence-electron chi connectivity index (χ2n) is 6.52. The summed E-state index contributed by atoms with van der Waals surface area (Å²) in [6.07, 6.45) is 1.76. The number of phenolic OH excluding ortho intramolecular Hbond substituents is 1. The van der Waals surface area contributed by atoms with Gasteiger partial charge in [0, 0.05) is 23.7 Å². The smallest absolute Gasteiger partial charge is 0.256 e. The highest BCUT2D eigenvalue weighted by Crippen LogP contribution is 2.40. The Bertz CT molecular complexity index is 1110. The number of fused-ring (bicyclic) bond motifs is 1. The molecule has 1 unspecified atom stereocenters. The van der Waals surface area contributed by atoms with Gasteiger partial charge in [-0.2, -0.15) is 0 Å². The zero-order valence-corrected chi connectivity index (χ0v) is 19.1. The zero-order chi connectivity index (χ0) is 20.9. The lowest BCUT2D eigenvalue weighted by Gasteiger charge is -2.23. The van der Waals surface area contributed by atoms with Crippen molar-refractivity contribution in [3.8, 4) is 5.75 Å². The van der Waals surface area contributed by atoms with Crippen LogP contribution < -0.4 is 11.1 Å². The Morgan fingerprint density at radius 1 is 1.28 bits per heavy atom. The number of nitrogens with zero attached hydrogens (tertiary/aromatic N) is 1. The van der Waals surface area contributed by atoms with Crippen LogP contribution in [0, 0.1) is 0 Å². The summed E-state index contributed by atoms with van der Waals surface area (Å²) < 4.78 is 1.04. The summed E-state index contributed by atoms with van der Waals surface area (Å²) in [6, 6.07) is 9.02. The summed E-state index contributed by atoms with van der Waals surface area (Å²) in [7, 11) is 0. The highest BCUT2D eigenvalue weighted by molar-refractivity contribution is 9.11. The van der Waals surface area contributed by atoms with Crippen LogP contribution in [0.4, 0.5) is 5.69 Å². The lowest BCUT2D eigenvalue weighted by atomic mass is 10.0. The Morgan fingerprint density at radius 2 is 1.97 bits per heavy atom. The van der Waals surface area contributed by atoms with Crippen LogP contribution in [0.25, 0.3) is 17.3 Å². The van der Waals surface area contributed by atoms with E-state index in [0.29, 0.717) is 25.9 Å². The van der Waals surface area contributed by atoms with Crippen molar-refractivity contribution in [1.29, 1.82) is 0 Å². The second kappa shape index (κ2) is 7.64. The molecule has 6 nitrogen and oxygen atoms in total. The summed E-state index contributed by atoms with van der Waals surface area (Å²) in [5.41, 5.74) is 9.76. The molecule has 0 aromatic heterocycles. The molecule has 2 aromatic rings. The number of carbonyl (C=O) groups is 2. The van der Waals surface area contributed by atoms with Crippen molar-refractivity contribution in [2.45, 2.75) is 12.4 Å². The van der Waals surface area contributed by atoms with Crippen molar-refractivity contribution in [3.05, 3.63) is 61.4 Å². The van der Waals surface area contributed by atoms with Crippen LogP contribution in [0.3, 0.4) is 0 Å². The summed E-state index contributed by atoms with van der Waals surface area (Å²) >= 11 is 7.98. The topological polar surface area (TPSA) is 95.7 Å². The van der Waals surface area contributed by atoms with Gasteiger partial charge in [0.1, 0.15) is 11.2 Å². The van der Waals surface area contributed by atoms with E-state index >= 15 is 0 Å². The van der Waals surface area contributed by atoms with Gasteiger partial charge in [0.15, 0.2) is 0 Å². The molecule has 0 spiro atoms. The van der Waals surface area contributed by atoms with Gasteiger partial charge in [-0.05, 0) is 78.7 Å². The molecule has 4 rings (SSSR count). The minimum atomic E-state index is -0.461. The van der Waals surface area contributed by atoms with Gasteiger partial charge in [-0.3, -0.25) is 14.5 Å². The predicted molar refractivity (Wildman–Crippen MR) is 123 cm³/mol. The van der Waals surface area contributed by atoms with Crippen LogP contribution in [0.2, 0.25) is 0 Å². The largest absolute Gasteiger partial charge is 0.506 e. The summed E-state index contributed by atoms with van der Waals surface area (Å²) in [5, 5.41) is 14.6. The Morgan fingerprint density at radius 3 is 2.62 bits per heavy atom. The zero-order valence-electron chi connectivity index (χ0n) is 15.1. The van der Waals surface area contributed by atoms with Crippen LogP contribution >= 0.6 is 43.6 Å². The fourth-order valence-corrected chi connectivity index (χ4v) is 5.39. The number of thioether (sulfide) groups is 1. The van der Waals surface area contributed by atoms with E-state index in [4.69, 9.17) is 5.73 Å². The van der Waals surface area contributed by atoms with Crippen LogP contribution in [-0.4, -0.2) is 27.3 Å². The van der Waals surface area contributed by atoms with E-state index < -0.39 is 5.50 Å². The first-order valence-electron chi connectivity index (χ1n) is 8.53. The van der Waals surface area contributed by atoms with Gasteiger partial charge in [0.05, 0.1) is 14.6 Å². The van der Waals surface area contributed by atoms with Gasteiger partial charge < -0.3 is 16.2 Å². The number of hydrogen-bond donors (Lipinski definition) is 3. The molecule has 29 heavy (non-hydrogen) atoms. The Kier molecular flexibility index (Phi) is 5.32. The van der Waals surface area contributed by atoms with E-state index in [1.807, 2.05) is 23.6 Å². The van der Waals surface area contributed by atoms with Crippen molar-refractivity contribution in [3.63, 3.8) is 0 Å². The summed E-state index contributed by atoms with van der Waals surface area (Å²) in [4.78, 5) is 26.1. The maximum Gasteiger partial charge on any atom is 0.256 e. The van der Waals surface area contributed by atoms with E-state index in [1.54, 1.807) is 18.2 Å². The number of amides is 2. The third-order valence-electron chi connectivity index (χ3n) is 4.62. The minimum Gasteiger partial charge on any atom is -0.506 e. The normalized spacial score (nSPS) is 19.4. The van der Waals surface area contributed by atoms with Gasteiger partial charge in [0.25, 0.3) is 5.91 Å². The number of nitrogens with one attached hydrogen (secondary N) is 1. The van der Waals surface area contributed by atoms with Crippen molar-refractivity contribution in [2.75, 3.05) is 5.32 Å². The molecule has 0 radical (unpaired) electrons. The standard InChI is InChI=1S/C20H15Br2N3O3S/c1-9(26)25-17(8-29-20(25)23)11-2-3-16-12(7-11)13(19(28)24-16)4-10-5-14(21)18(27)15(22)6-10/h2-8,20,27H,23H2,1H3,(H,24,28)/b13-4-. The van der Waals surface area contributed by atoms with Crippen LogP contribution in [-0.2, 0) is 9.59 Å². The van der Waals surface area contributed by atoms with Crippen LogP contribution in [0.1, 0.15) is 23.6 Å². The van der Waals surface area contributed by atoms with Crippen molar-refractivity contribution >= 4 is 78.5 Å². The molecule has 9 heteroatoms. The van der Waals surface area contributed by atoms with Gasteiger partial charge in [-0.25, -0.2) is 0 Å². The number of benzene rings is 2. The van der Waals surface area contributed by atoms with E-state index in [9.17, 15) is 14.7 Å². The molecule has 4 N–H and O–H groups in total. The number of anilines is 1. The second-order valence-corrected chi connectivity index (χ2v) is 9.22. The minimum absolute atomic E-state index is 0.0945. The van der Waals surface area contributed by atoms with E-state index in [1.165, 1.54) is 23.6 Å². The first-order chi connectivity index (χ1) is 13.8. The molecule has 2 heterocycles. The molecular formula is C20H15Br2N3O3S. The first-order valence-corrected chi connectivity index (χ1v) is 11.1. The molecule has 148 valence electrons. The van der Waals surface area contributed by atoms with Crippen molar-refractivity contribution in [1.82, 2.24) is 4.90 Å². The van der Waals surface area contributed by atoms with Crippen LogP contribution in [0.5, 0.6) is 5.75 Å². The molecule has 1 atom stereocenters. The van der Waals surface area contributed by atoms with Crippen LogP contribution in [0.15, 0.2) is 44.7 Å². The maximum atomic E-state index is 12.6. The number of rotatable bonds is 2. The summed E-state index contributed by atoms with van der Waals surface area (Å²) in [5.74, 6) is -0.262. The highest BCUT2D eigenvalue weighted by Gasteiger charge is 2.30. The summed E-state index contributed by atoms with van der Waals surface area (Å²) in [6.45, 7) is 1.48. The molecule has 0 saturated carbocycles. The number of halogens is 2. The van der Waals surface area contributed by atoms with Gasteiger partial charge in [0.2, 0.25) is 5.91 Å². The fourth-order valence-electron chi connectivity index (χ4n) is 3.27. The lowest BCUT2D eigenvalue weighted by molar-refractivity contribution is -0.126. The Balaban J connectivity index is 1.78. The average molecular weight is 537 g/mol. The Hall–Kier alpha value is -2.07. The highest BCUT2D eigenvalue weighted by atomic mass is 79.9. The number of carbonyl (C=O) groups excluding carboxylic acids is 2. The third-order valence-corrected chi connectivity index (χ3v) is 6.68. The molecule has 0 aliphatic carbocycles. The molecule has 2 aliphatic rings. The molecule has 0 saturated heterocycles. The number of phenols is 1. The average Bonchev–Trinajstić information content (AvgIpc) is 3.19. The van der Waals surface area contributed by atoms with E-state index in [0.717, 1.165) is 16.7 Å². The van der Waals surface area contributed by atoms with Gasteiger partial charge in [-0.1, -0.05) is 17.8 Å². The quantitative estimate of drug-likeness (QED) is 0.489. The first kappa shape index (κ1) is 20.2. The number of aromatic hydroxyl groups is 1. The Labute approximate surface area is 188 Å². The number of hydrogen-bond acceptors (Lipinski definition) is 5. The lowest BCUT2D eigenvalue weighted by Crippen LogP contribution is -2.38. The predicted octanol–water partition coefficient (Wildman–Crippen LogP) is 4.55. The molecule has 2 amide bonds.